The SMILES string of the molecule is CCOc1ccc(CNC(=O)C2Cc3ccccc3N2C(=O)c2ccccc2)cc1. The van der Waals surface area contributed by atoms with E-state index in [9.17, 15) is 9.59 Å². The highest BCUT2D eigenvalue weighted by atomic mass is 16.5. The van der Waals surface area contributed by atoms with Gasteiger partial charge in [0.1, 0.15) is 11.8 Å². The lowest BCUT2D eigenvalue weighted by Crippen LogP contribution is -2.48. The van der Waals surface area contributed by atoms with Gasteiger partial charge in [-0.1, -0.05) is 48.5 Å². The Kier molecular flexibility index (Phi) is 5.80. The number of nitrogens with zero attached hydrogens (tertiary/aromatic N) is 1. The van der Waals surface area contributed by atoms with Crippen LogP contribution < -0.4 is 15.0 Å². The van der Waals surface area contributed by atoms with Gasteiger partial charge in [-0.2, -0.15) is 0 Å². The zero-order valence-corrected chi connectivity index (χ0v) is 16.9. The van der Waals surface area contributed by atoms with Crippen molar-refractivity contribution in [2.75, 3.05) is 11.5 Å². The van der Waals surface area contributed by atoms with E-state index in [-0.39, 0.29) is 11.8 Å². The third-order valence-corrected chi connectivity index (χ3v) is 5.22. The van der Waals surface area contributed by atoms with Gasteiger partial charge in [-0.25, -0.2) is 0 Å². The number of carbonyl (C=O) groups is 2. The zero-order chi connectivity index (χ0) is 20.9. The molecule has 1 N–H and O–H groups in total. The molecule has 0 radical (unpaired) electrons. The minimum absolute atomic E-state index is 0.163. The van der Waals surface area contributed by atoms with Gasteiger partial charge < -0.3 is 10.1 Å². The fraction of sp³-hybridized carbons (Fsp3) is 0.200. The molecule has 1 unspecified atom stereocenters. The maximum atomic E-state index is 13.2. The molecule has 3 aromatic rings. The van der Waals surface area contributed by atoms with E-state index in [0.717, 1.165) is 22.6 Å². The first-order valence-electron chi connectivity index (χ1n) is 10.1. The first kappa shape index (κ1) is 19.7. The fourth-order valence-electron chi connectivity index (χ4n) is 3.74. The van der Waals surface area contributed by atoms with Gasteiger partial charge in [-0.05, 0) is 48.4 Å². The molecule has 0 saturated heterocycles. The number of amides is 2. The number of rotatable bonds is 6. The highest BCUT2D eigenvalue weighted by Crippen LogP contribution is 2.33. The molecule has 2 amide bonds. The molecule has 152 valence electrons. The van der Waals surface area contributed by atoms with Crippen LogP contribution in [0.4, 0.5) is 5.69 Å². The van der Waals surface area contributed by atoms with Crippen LogP contribution in [0.5, 0.6) is 5.75 Å². The number of hydrogen-bond acceptors (Lipinski definition) is 3. The molecule has 0 aliphatic carbocycles. The zero-order valence-electron chi connectivity index (χ0n) is 16.9. The summed E-state index contributed by atoms with van der Waals surface area (Å²) in [5.41, 5.74) is 3.34. The maximum absolute atomic E-state index is 13.2. The molecule has 3 aromatic carbocycles. The fourth-order valence-corrected chi connectivity index (χ4v) is 3.74. The van der Waals surface area contributed by atoms with Gasteiger partial charge in [0.15, 0.2) is 0 Å². The average Bonchev–Trinajstić information content (AvgIpc) is 3.18. The lowest BCUT2D eigenvalue weighted by atomic mass is 10.1. The summed E-state index contributed by atoms with van der Waals surface area (Å²) in [5.74, 6) is 0.476. The number of nitrogens with one attached hydrogen (secondary N) is 1. The van der Waals surface area contributed by atoms with Crippen molar-refractivity contribution in [3.05, 3.63) is 95.6 Å². The van der Waals surface area contributed by atoms with Crippen LogP contribution in [-0.4, -0.2) is 24.5 Å². The first-order valence-corrected chi connectivity index (χ1v) is 10.1. The summed E-state index contributed by atoms with van der Waals surface area (Å²) < 4.78 is 5.45. The molecule has 1 atom stereocenters. The number of fused-ring (bicyclic) bond motifs is 1. The molecule has 1 heterocycles. The number of para-hydroxylation sites is 1. The minimum atomic E-state index is -0.571. The Labute approximate surface area is 176 Å². The van der Waals surface area contributed by atoms with Crippen LogP contribution in [0.2, 0.25) is 0 Å². The number of hydrogen-bond donors (Lipinski definition) is 1. The molecule has 0 fully saturated rings. The van der Waals surface area contributed by atoms with Crippen LogP contribution in [0.15, 0.2) is 78.9 Å². The van der Waals surface area contributed by atoms with E-state index in [1.807, 2.05) is 73.7 Å². The monoisotopic (exact) mass is 400 g/mol. The van der Waals surface area contributed by atoms with E-state index in [1.165, 1.54) is 0 Å². The third-order valence-electron chi connectivity index (χ3n) is 5.22. The van der Waals surface area contributed by atoms with Crippen LogP contribution >= 0.6 is 0 Å². The van der Waals surface area contributed by atoms with Crippen molar-refractivity contribution >= 4 is 17.5 Å². The first-order chi connectivity index (χ1) is 14.7. The van der Waals surface area contributed by atoms with Gasteiger partial charge in [-0.3, -0.25) is 14.5 Å². The molecule has 5 heteroatoms. The van der Waals surface area contributed by atoms with Crippen LogP contribution in [0.3, 0.4) is 0 Å². The summed E-state index contributed by atoms with van der Waals surface area (Å²) in [5, 5.41) is 2.99. The van der Waals surface area contributed by atoms with Crippen molar-refractivity contribution in [1.82, 2.24) is 5.32 Å². The molecule has 1 aliphatic heterocycles. The molecule has 30 heavy (non-hydrogen) atoms. The van der Waals surface area contributed by atoms with Crippen LogP contribution in [0.25, 0.3) is 0 Å². The Morgan fingerprint density at radius 2 is 1.67 bits per heavy atom. The maximum Gasteiger partial charge on any atom is 0.259 e. The Morgan fingerprint density at radius 3 is 2.40 bits per heavy atom. The van der Waals surface area contributed by atoms with Gasteiger partial charge in [0.2, 0.25) is 5.91 Å². The molecular weight excluding hydrogens is 376 g/mol. The number of carbonyl (C=O) groups excluding carboxylic acids is 2. The second-order valence-electron chi connectivity index (χ2n) is 7.18. The largest absolute Gasteiger partial charge is 0.494 e. The lowest BCUT2D eigenvalue weighted by molar-refractivity contribution is -0.122. The summed E-state index contributed by atoms with van der Waals surface area (Å²) in [6.45, 7) is 2.95. The van der Waals surface area contributed by atoms with Gasteiger partial charge >= 0.3 is 0 Å². The standard InChI is InChI=1S/C25H24N2O3/c1-2-30-21-14-12-18(13-15-21)17-26-24(28)23-16-20-10-6-7-11-22(20)27(23)25(29)19-8-4-3-5-9-19/h3-15,23H,2,16-17H2,1H3,(H,26,28). The Balaban J connectivity index is 1.51. The van der Waals surface area contributed by atoms with Gasteiger partial charge in [0, 0.05) is 24.2 Å². The highest BCUT2D eigenvalue weighted by molar-refractivity contribution is 6.11. The van der Waals surface area contributed by atoms with Crippen molar-refractivity contribution < 1.29 is 14.3 Å². The summed E-state index contributed by atoms with van der Waals surface area (Å²) in [4.78, 5) is 27.9. The van der Waals surface area contributed by atoms with Crippen LogP contribution in [0.1, 0.15) is 28.4 Å². The third kappa shape index (κ3) is 4.06. The van der Waals surface area contributed by atoms with Crippen LogP contribution in [0, 0.1) is 0 Å². The van der Waals surface area contributed by atoms with E-state index in [2.05, 4.69) is 5.32 Å². The van der Waals surface area contributed by atoms with Crippen molar-refractivity contribution in [2.24, 2.45) is 0 Å². The van der Waals surface area contributed by atoms with Gasteiger partial charge in [0.25, 0.3) is 5.91 Å². The molecule has 4 rings (SSSR count). The topological polar surface area (TPSA) is 58.6 Å². The summed E-state index contributed by atoms with van der Waals surface area (Å²) in [6.07, 6.45) is 0.504. The molecule has 0 aromatic heterocycles. The molecular formula is C25H24N2O3. The van der Waals surface area contributed by atoms with E-state index in [0.29, 0.717) is 25.1 Å². The Bertz CT molecular complexity index is 1030. The van der Waals surface area contributed by atoms with E-state index in [4.69, 9.17) is 4.74 Å². The van der Waals surface area contributed by atoms with Crippen molar-refractivity contribution in [3.8, 4) is 5.75 Å². The second kappa shape index (κ2) is 8.82. The number of ether oxygens (including phenoxy) is 1. The van der Waals surface area contributed by atoms with E-state index in [1.54, 1.807) is 17.0 Å². The van der Waals surface area contributed by atoms with Crippen molar-refractivity contribution in [2.45, 2.75) is 25.9 Å². The highest BCUT2D eigenvalue weighted by Gasteiger charge is 2.38. The van der Waals surface area contributed by atoms with E-state index >= 15 is 0 Å². The molecule has 0 bridgehead atoms. The quantitative estimate of drug-likeness (QED) is 0.681. The van der Waals surface area contributed by atoms with Gasteiger partial charge in [-0.15, -0.1) is 0 Å². The number of benzene rings is 3. The number of anilines is 1. The smallest absolute Gasteiger partial charge is 0.259 e. The summed E-state index contributed by atoms with van der Waals surface area (Å²) in [6, 6.07) is 23.9. The predicted molar refractivity (Wildman–Crippen MR) is 117 cm³/mol. The normalized spacial score (nSPS) is 14.8. The Hall–Kier alpha value is -3.60. The lowest BCUT2D eigenvalue weighted by Gasteiger charge is -2.25. The molecule has 5 nitrogen and oxygen atoms in total. The van der Waals surface area contributed by atoms with Gasteiger partial charge in [0.05, 0.1) is 6.61 Å². The Morgan fingerprint density at radius 1 is 0.967 bits per heavy atom. The van der Waals surface area contributed by atoms with Crippen molar-refractivity contribution in [1.29, 1.82) is 0 Å². The average molecular weight is 400 g/mol. The molecule has 0 spiro atoms. The van der Waals surface area contributed by atoms with Crippen LogP contribution in [-0.2, 0) is 17.8 Å². The molecule has 0 saturated carbocycles. The second-order valence-corrected chi connectivity index (χ2v) is 7.18. The minimum Gasteiger partial charge on any atom is -0.494 e. The predicted octanol–water partition coefficient (Wildman–Crippen LogP) is 3.97. The van der Waals surface area contributed by atoms with E-state index < -0.39 is 6.04 Å². The summed E-state index contributed by atoms with van der Waals surface area (Å²) in [7, 11) is 0. The van der Waals surface area contributed by atoms with Crippen molar-refractivity contribution in [3.63, 3.8) is 0 Å². The molecule has 1 aliphatic rings. The summed E-state index contributed by atoms with van der Waals surface area (Å²) >= 11 is 0.